The van der Waals surface area contributed by atoms with Crippen molar-refractivity contribution in [3.63, 3.8) is 0 Å². The Kier molecular flexibility index (Phi) is 13.5. The minimum atomic E-state index is -1.03. The van der Waals surface area contributed by atoms with Gasteiger partial charge in [0.15, 0.2) is 0 Å². The Morgan fingerprint density at radius 2 is 1.43 bits per heavy atom. The van der Waals surface area contributed by atoms with E-state index in [-0.39, 0.29) is 12.3 Å². The molecule has 3 aromatic rings. The van der Waals surface area contributed by atoms with E-state index in [9.17, 15) is 14.7 Å². The van der Waals surface area contributed by atoms with Gasteiger partial charge in [-0.05, 0) is 98.4 Å². The molecule has 0 saturated carbocycles. The van der Waals surface area contributed by atoms with Crippen LogP contribution in [0.4, 0.5) is 5.69 Å². The third kappa shape index (κ3) is 10.6. The molecule has 0 aliphatic carbocycles. The molecular formula is C37H48N2O3. The second-order valence-electron chi connectivity index (χ2n) is 11.4. The molecule has 0 spiro atoms. The average molecular weight is 569 g/mol. The van der Waals surface area contributed by atoms with E-state index in [1.807, 2.05) is 56.3 Å². The van der Waals surface area contributed by atoms with Crippen molar-refractivity contribution in [2.24, 2.45) is 5.41 Å². The minimum Gasteiger partial charge on any atom is -0.481 e. The number of rotatable bonds is 18. The molecule has 5 nitrogen and oxygen atoms in total. The van der Waals surface area contributed by atoms with Gasteiger partial charge in [-0.15, -0.1) is 0 Å². The summed E-state index contributed by atoms with van der Waals surface area (Å²) >= 11 is 0. The van der Waals surface area contributed by atoms with Crippen LogP contribution >= 0.6 is 0 Å². The summed E-state index contributed by atoms with van der Waals surface area (Å²) < 4.78 is 0. The Bertz CT molecular complexity index is 1290. The number of aromatic nitrogens is 1. The van der Waals surface area contributed by atoms with Gasteiger partial charge in [0.2, 0.25) is 5.91 Å². The zero-order chi connectivity index (χ0) is 30.2. The minimum absolute atomic E-state index is 0.0426. The number of anilines is 1. The monoisotopic (exact) mass is 568 g/mol. The van der Waals surface area contributed by atoms with Gasteiger partial charge < -0.3 is 10.4 Å². The smallest absolute Gasteiger partial charge is 0.310 e. The molecule has 2 aromatic carbocycles. The number of amides is 1. The van der Waals surface area contributed by atoms with E-state index < -0.39 is 11.4 Å². The lowest BCUT2D eigenvalue weighted by molar-refractivity contribution is -0.151. The summed E-state index contributed by atoms with van der Waals surface area (Å²) in [5, 5.41) is 12.5. The third-order valence-electron chi connectivity index (χ3n) is 8.24. The number of aryl methyl sites for hydroxylation is 3. The van der Waals surface area contributed by atoms with Gasteiger partial charge in [0, 0.05) is 17.8 Å². The number of pyridine rings is 1. The lowest BCUT2D eigenvalue weighted by atomic mass is 9.79. The fraction of sp³-hybridized carbons (Fsp3) is 0.432. The second kappa shape index (κ2) is 17.3. The molecule has 224 valence electrons. The molecule has 0 aliphatic heterocycles. The van der Waals surface area contributed by atoms with Crippen LogP contribution in [0.15, 0.2) is 66.7 Å². The second-order valence-corrected chi connectivity index (χ2v) is 11.4. The number of nitrogens with zero attached hydrogens (tertiary/aromatic N) is 1. The summed E-state index contributed by atoms with van der Waals surface area (Å²) in [5.74, 6) is -1.21. The van der Waals surface area contributed by atoms with Gasteiger partial charge in [-0.2, -0.15) is 0 Å². The van der Waals surface area contributed by atoms with Crippen LogP contribution in [0.1, 0.15) is 107 Å². The number of carboxylic acid groups (broad SMARTS) is 1. The highest BCUT2D eigenvalue weighted by Gasteiger charge is 2.37. The van der Waals surface area contributed by atoms with Crippen LogP contribution in [0.25, 0.3) is 12.2 Å². The Hall–Kier alpha value is -3.73. The zero-order valence-corrected chi connectivity index (χ0v) is 25.7. The van der Waals surface area contributed by atoms with Gasteiger partial charge in [-0.25, -0.2) is 0 Å². The van der Waals surface area contributed by atoms with Crippen LogP contribution in [0.5, 0.6) is 0 Å². The Morgan fingerprint density at radius 3 is 2.07 bits per heavy atom. The van der Waals surface area contributed by atoms with Crippen molar-refractivity contribution in [3.05, 3.63) is 94.8 Å². The lowest BCUT2D eigenvalue weighted by Crippen LogP contribution is -2.34. The summed E-state index contributed by atoms with van der Waals surface area (Å²) in [6, 6.07) is 22.9. The first kappa shape index (κ1) is 32.8. The van der Waals surface area contributed by atoms with Gasteiger partial charge in [0.25, 0.3) is 0 Å². The molecule has 5 heteroatoms. The third-order valence-corrected chi connectivity index (χ3v) is 8.24. The van der Waals surface area contributed by atoms with Gasteiger partial charge >= 0.3 is 5.97 Å². The van der Waals surface area contributed by atoms with Crippen molar-refractivity contribution in [2.75, 3.05) is 5.32 Å². The quantitative estimate of drug-likeness (QED) is 0.150. The zero-order valence-electron chi connectivity index (χ0n) is 25.7. The molecule has 3 rings (SSSR count). The maximum atomic E-state index is 12.6. The predicted octanol–water partition coefficient (Wildman–Crippen LogP) is 9.16. The fourth-order valence-corrected chi connectivity index (χ4v) is 5.26. The van der Waals surface area contributed by atoms with Gasteiger partial charge in [0.05, 0.1) is 11.1 Å². The highest BCUT2D eigenvalue weighted by atomic mass is 16.4. The summed E-state index contributed by atoms with van der Waals surface area (Å²) in [6.07, 6.45) is 15.4. The number of carboxylic acids is 1. The van der Waals surface area contributed by atoms with Crippen LogP contribution in [0.2, 0.25) is 0 Å². The number of benzene rings is 2. The van der Waals surface area contributed by atoms with Gasteiger partial charge in [0.1, 0.15) is 0 Å². The van der Waals surface area contributed by atoms with Crippen LogP contribution < -0.4 is 5.32 Å². The largest absolute Gasteiger partial charge is 0.481 e. The van der Waals surface area contributed by atoms with Crippen LogP contribution in [0.3, 0.4) is 0 Å². The molecule has 42 heavy (non-hydrogen) atoms. The van der Waals surface area contributed by atoms with Gasteiger partial charge in [-0.3, -0.25) is 14.6 Å². The number of hydrogen-bond acceptors (Lipinski definition) is 3. The molecule has 0 bridgehead atoms. The topological polar surface area (TPSA) is 79.3 Å². The first-order valence-electron chi connectivity index (χ1n) is 15.7. The molecule has 0 unspecified atom stereocenters. The summed E-state index contributed by atoms with van der Waals surface area (Å²) in [5.41, 5.74) is 5.46. The number of unbranched alkanes of at least 4 members (excludes halogenated alkanes) is 4. The van der Waals surface area contributed by atoms with Crippen LogP contribution in [0, 0.1) is 5.41 Å². The lowest BCUT2D eigenvalue weighted by Gasteiger charge is -2.25. The summed E-state index contributed by atoms with van der Waals surface area (Å²) in [7, 11) is 0. The normalized spacial score (nSPS) is 11.6. The van der Waals surface area contributed by atoms with Crippen molar-refractivity contribution in [2.45, 2.75) is 97.8 Å². The van der Waals surface area contributed by atoms with Crippen molar-refractivity contribution < 1.29 is 14.7 Å². The Labute approximate surface area is 252 Å². The van der Waals surface area contributed by atoms with Gasteiger partial charge in [-0.1, -0.05) is 88.6 Å². The number of carbonyl (C=O) groups excluding carboxylic acids is 1. The van der Waals surface area contributed by atoms with E-state index in [1.54, 1.807) is 0 Å². The molecule has 2 N–H and O–H groups in total. The molecular weight excluding hydrogens is 520 g/mol. The van der Waals surface area contributed by atoms with E-state index in [2.05, 4.69) is 48.6 Å². The molecule has 1 amide bonds. The first-order valence-corrected chi connectivity index (χ1v) is 15.7. The molecule has 0 radical (unpaired) electrons. The van der Waals surface area contributed by atoms with E-state index in [4.69, 9.17) is 4.98 Å². The standard InChI is InChI=1S/C37H48N2O3/c1-4-7-14-29-21-23-30(24-22-29)15-10-8-9-11-17-32-18-13-19-33(38-32)26-25-31-16-12-20-34(27-31)39-35(40)28-37(5-2,6-3)36(41)42/h12-13,16,18-27H,4-11,14-15,17,28H2,1-3H3,(H,39,40)(H,41,42)/b26-25+. The highest BCUT2D eigenvalue weighted by Crippen LogP contribution is 2.31. The maximum absolute atomic E-state index is 12.6. The summed E-state index contributed by atoms with van der Waals surface area (Å²) in [4.78, 5) is 29.2. The molecule has 1 heterocycles. The molecule has 0 fully saturated rings. The molecule has 0 saturated heterocycles. The summed E-state index contributed by atoms with van der Waals surface area (Å²) in [6.45, 7) is 5.87. The van der Waals surface area contributed by atoms with Crippen molar-refractivity contribution in [3.8, 4) is 0 Å². The fourth-order valence-electron chi connectivity index (χ4n) is 5.26. The molecule has 0 aliphatic rings. The van der Waals surface area contributed by atoms with E-state index in [0.717, 1.165) is 36.2 Å². The number of aliphatic carboxylic acids is 1. The molecule has 0 atom stereocenters. The van der Waals surface area contributed by atoms with Crippen molar-refractivity contribution >= 4 is 29.7 Å². The highest BCUT2D eigenvalue weighted by molar-refractivity contribution is 5.94. The Balaban J connectivity index is 1.44. The first-order chi connectivity index (χ1) is 20.4. The van der Waals surface area contributed by atoms with Crippen LogP contribution in [-0.4, -0.2) is 22.0 Å². The van der Waals surface area contributed by atoms with Crippen molar-refractivity contribution in [1.82, 2.24) is 4.98 Å². The number of hydrogen-bond donors (Lipinski definition) is 2. The predicted molar refractivity (Wildman–Crippen MR) is 174 cm³/mol. The SMILES string of the molecule is CCCCc1ccc(CCCCCCc2cccc(/C=C/c3cccc(NC(=O)CC(CC)(CC)C(=O)O)c3)n2)cc1. The van der Waals surface area contributed by atoms with E-state index in [1.165, 1.54) is 49.7 Å². The number of nitrogens with one attached hydrogen (secondary N) is 1. The van der Waals surface area contributed by atoms with Crippen LogP contribution in [-0.2, 0) is 28.9 Å². The molecule has 1 aromatic heterocycles. The van der Waals surface area contributed by atoms with Crippen molar-refractivity contribution in [1.29, 1.82) is 0 Å². The van der Waals surface area contributed by atoms with E-state index >= 15 is 0 Å². The Morgan fingerprint density at radius 1 is 0.786 bits per heavy atom. The van der Waals surface area contributed by atoms with E-state index in [0.29, 0.717) is 18.5 Å². The average Bonchev–Trinajstić information content (AvgIpc) is 3.00. The number of carbonyl (C=O) groups is 2. The maximum Gasteiger partial charge on any atom is 0.310 e.